The Kier molecular flexibility index (Phi) is 6.35. The summed E-state index contributed by atoms with van der Waals surface area (Å²) in [5.74, 6) is -1.25. The van der Waals surface area contributed by atoms with Crippen molar-refractivity contribution in [3.8, 4) is 0 Å². The van der Waals surface area contributed by atoms with E-state index in [1.807, 2.05) is 61.5 Å². The second-order valence-electron chi connectivity index (χ2n) is 8.70. The van der Waals surface area contributed by atoms with Crippen molar-refractivity contribution < 1.29 is 23.1 Å². The molecule has 4 rings (SSSR count). The van der Waals surface area contributed by atoms with Gasteiger partial charge in [0.1, 0.15) is 19.0 Å². The van der Waals surface area contributed by atoms with Gasteiger partial charge in [-0.25, -0.2) is 18.5 Å². The number of amides is 2. The van der Waals surface area contributed by atoms with Crippen molar-refractivity contribution in [2.75, 3.05) is 6.61 Å². The average molecular weight is 427 g/mol. The van der Waals surface area contributed by atoms with Crippen molar-refractivity contribution in [2.24, 2.45) is 5.92 Å². The standard InChI is InChI=1S/C25H27F2NO3/c1-16-7-9-19(10-8-16)21(12-18-13-22(26)23(27)14-18)24(29)28-20(15-31-25(28)30)11-17-5-3-2-4-6-17/h2-10,18,20-23H,11-15H2,1H3/t18-,20-,21?,22+,23-/m1/s1. The summed E-state index contributed by atoms with van der Waals surface area (Å²) in [4.78, 5) is 27.4. The number of hydrogen-bond acceptors (Lipinski definition) is 3. The maximum atomic E-state index is 13.8. The second kappa shape index (κ2) is 9.16. The summed E-state index contributed by atoms with van der Waals surface area (Å²) in [6.45, 7) is 2.09. The molecule has 31 heavy (non-hydrogen) atoms. The molecule has 4 nitrogen and oxygen atoms in total. The van der Waals surface area contributed by atoms with Crippen LogP contribution >= 0.6 is 0 Å². The molecule has 0 N–H and O–H groups in total. The SMILES string of the molecule is Cc1ccc(C(C[C@H]2C[C@@H](F)[C@@H](F)C2)C(=O)N2C(=O)OC[C@H]2Cc2ccccc2)cc1. The van der Waals surface area contributed by atoms with Crippen LogP contribution in [0.5, 0.6) is 0 Å². The van der Waals surface area contributed by atoms with Crippen molar-refractivity contribution >= 4 is 12.0 Å². The van der Waals surface area contributed by atoms with Crippen molar-refractivity contribution in [3.05, 3.63) is 71.3 Å². The predicted octanol–water partition coefficient (Wildman–Crippen LogP) is 5.15. The van der Waals surface area contributed by atoms with Crippen LogP contribution < -0.4 is 0 Å². The molecule has 1 aliphatic carbocycles. The van der Waals surface area contributed by atoms with Gasteiger partial charge in [0.05, 0.1) is 12.0 Å². The third kappa shape index (κ3) is 4.78. The minimum atomic E-state index is -1.48. The molecule has 2 aromatic rings. The highest BCUT2D eigenvalue weighted by Gasteiger charge is 2.43. The molecular weight excluding hydrogens is 400 g/mol. The fraction of sp³-hybridized carbons (Fsp3) is 0.440. The molecular formula is C25H27F2NO3. The molecule has 2 amide bonds. The van der Waals surface area contributed by atoms with Gasteiger partial charge >= 0.3 is 6.09 Å². The number of aryl methyl sites for hydroxylation is 1. The molecule has 6 heteroatoms. The lowest BCUT2D eigenvalue weighted by Crippen LogP contribution is -2.43. The first-order valence-electron chi connectivity index (χ1n) is 10.8. The molecule has 164 valence electrons. The highest BCUT2D eigenvalue weighted by molar-refractivity contribution is 5.97. The number of carbonyl (C=O) groups is 2. The molecule has 5 atom stereocenters. The van der Waals surface area contributed by atoms with E-state index in [0.717, 1.165) is 16.7 Å². The lowest BCUT2D eigenvalue weighted by Gasteiger charge is -2.27. The first-order valence-corrected chi connectivity index (χ1v) is 10.8. The molecule has 1 saturated heterocycles. The Morgan fingerprint density at radius 1 is 1.06 bits per heavy atom. The van der Waals surface area contributed by atoms with Gasteiger partial charge in [-0.3, -0.25) is 4.79 Å². The Hall–Kier alpha value is -2.76. The molecule has 0 spiro atoms. The first kappa shape index (κ1) is 21.5. The molecule has 2 aliphatic rings. The molecule has 2 aromatic carbocycles. The minimum Gasteiger partial charge on any atom is -0.447 e. The van der Waals surface area contributed by atoms with Gasteiger partial charge in [0.2, 0.25) is 5.91 Å². The Morgan fingerprint density at radius 2 is 1.71 bits per heavy atom. The van der Waals surface area contributed by atoms with E-state index in [2.05, 4.69) is 0 Å². The fourth-order valence-corrected chi connectivity index (χ4v) is 4.67. The van der Waals surface area contributed by atoms with E-state index in [0.29, 0.717) is 12.8 Å². The van der Waals surface area contributed by atoms with Gasteiger partial charge in [-0.1, -0.05) is 60.2 Å². The van der Waals surface area contributed by atoms with Crippen LogP contribution in [-0.2, 0) is 16.0 Å². The third-order valence-electron chi connectivity index (χ3n) is 6.37. The summed E-state index contributed by atoms with van der Waals surface area (Å²) in [6.07, 6.45) is -2.60. The van der Waals surface area contributed by atoms with Gasteiger partial charge in [0.15, 0.2) is 0 Å². The summed E-state index contributed by atoms with van der Waals surface area (Å²) in [7, 11) is 0. The summed E-state index contributed by atoms with van der Waals surface area (Å²) in [5, 5.41) is 0. The van der Waals surface area contributed by atoms with Gasteiger partial charge in [0.25, 0.3) is 0 Å². The smallest absolute Gasteiger partial charge is 0.417 e. The van der Waals surface area contributed by atoms with E-state index < -0.39 is 30.4 Å². The minimum absolute atomic E-state index is 0.106. The Labute approximate surface area is 181 Å². The van der Waals surface area contributed by atoms with Crippen molar-refractivity contribution in [2.45, 2.75) is 56.9 Å². The summed E-state index contributed by atoms with van der Waals surface area (Å²) in [5.41, 5.74) is 2.81. The van der Waals surface area contributed by atoms with Gasteiger partial charge in [-0.2, -0.15) is 0 Å². The number of cyclic esters (lactones) is 1. The van der Waals surface area contributed by atoms with Crippen LogP contribution in [0.3, 0.4) is 0 Å². The topological polar surface area (TPSA) is 46.6 Å². The van der Waals surface area contributed by atoms with Crippen LogP contribution in [0.4, 0.5) is 13.6 Å². The molecule has 2 fully saturated rings. The van der Waals surface area contributed by atoms with Crippen LogP contribution in [-0.4, -0.2) is 41.9 Å². The van der Waals surface area contributed by atoms with Gasteiger partial charge in [-0.05, 0) is 49.7 Å². The first-order chi connectivity index (χ1) is 14.9. The number of rotatable bonds is 6. The Balaban J connectivity index is 1.59. The van der Waals surface area contributed by atoms with Crippen LogP contribution in [0, 0.1) is 12.8 Å². The zero-order valence-electron chi connectivity index (χ0n) is 17.5. The van der Waals surface area contributed by atoms with Crippen LogP contribution in [0.25, 0.3) is 0 Å². The molecule has 0 bridgehead atoms. The van der Waals surface area contributed by atoms with Gasteiger partial charge < -0.3 is 4.74 Å². The number of alkyl halides is 2. The zero-order valence-corrected chi connectivity index (χ0v) is 17.5. The van der Waals surface area contributed by atoms with Gasteiger partial charge in [0, 0.05) is 0 Å². The van der Waals surface area contributed by atoms with Crippen LogP contribution in [0.2, 0.25) is 0 Å². The molecule has 1 aliphatic heterocycles. The number of nitrogens with zero attached hydrogens (tertiary/aromatic N) is 1. The van der Waals surface area contributed by atoms with E-state index in [-0.39, 0.29) is 31.3 Å². The number of ether oxygens (including phenoxy) is 1. The van der Waals surface area contributed by atoms with E-state index in [1.54, 1.807) is 0 Å². The van der Waals surface area contributed by atoms with E-state index in [1.165, 1.54) is 4.90 Å². The largest absolute Gasteiger partial charge is 0.447 e. The van der Waals surface area contributed by atoms with Crippen molar-refractivity contribution in [1.29, 1.82) is 0 Å². The highest BCUT2D eigenvalue weighted by atomic mass is 19.2. The lowest BCUT2D eigenvalue weighted by atomic mass is 9.86. The van der Waals surface area contributed by atoms with E-state index in [4.69, 9.17) is 4.74 Å². The monoisotopic (exact) mass is 427 g/mol. The molecule has 0 radical (unpaired) electrons. The summed E-state index contributed by atoms with van der Waals surface area (Å²) >= 11 is 0. The zero-order chi connectivity index (χ0) is 22.0. The van der Waals surface area contributed by atoms with Crippen LogP contribution in [0.15, 0.2) is 54.6 Å². The van der Waals surface area contributed by atoms with E-state index in [9.17, 15) is 18.4 Å². The Morgan fingerprint density at radius 3 is 2.35 bits per heavy atom. The number of benzene rings is 2. The van der Waals surface area contributed by atoms with Gasteiger partial charge in [-0.15, -0.1) is 0 Å². The predicted molar refractivity (Wildman–Crippen MR) is 113 cm³/mol. The summed E-state index contributed by atoms with van der Waals surface area (Å²) in [6, 6.07) is 16.8. The number of hydrogen-bond donors (Lipinski definition) is 0. The quantitative estimate of drug-likeness (QED) is 0.641. The summed E-state index contributed by atoms with van der Waals surface area (Å²) < 4.78 is 32.8. The normalized spacial score (nSPS) is 26.7. The van der Waals surface area contributed by atoms with Crippen molar-refractivity contribution in [1.82, 2.24) is 4.90 Å². The van der Waals surface area contributed by atoms with Crippen LogP contribution in [0.1, 0.15) is 41.9 Å². The number of carbonyl (C=O) groups excluding carboxylic acids is 2. The fourth-order valence-electron chi connectivity index (χ4n) is 4.67. The molecule has 1 heterocycles. The third-order valence-corrected chi connectivity index (χ3v) is 6.37. The second-order valence-corrected chi connectivity index (χ2v) is 8.70. The average Bonchev–Trinajstić information content (AvgIpc) is 3.28. The van der Waals surface area contributed by atoms with E-state index >= 15 is 0 Å². The molecule has 1 saturated carbocycles. The number of imide groups is 1. The Bertz CT molecular complexity index is 908. The maximum Gasteiger partial charge on any atom is 0.417 e. The molecule has 1 unspecified atom stereocenters. The van der Waals surface area contributed by atoms with Crippen molar-refractivity contribution in [3.63, 3.8) is 0 Å². The number of halogens is 2. The molecule has 0 aromatic heterocycles. The highest BCUT2D eigenvalue weighted by Crippen LogP contribution is 2.39. The maximum absolute atomic E-state index is 13.8. The lowest BCUT2D eigenvalue weighted by molar-refractivity contribution is -0.131.